The van der Waals surface area contributed by atoms with Crippen LogP contribution in [0.2, 0.25) is 0 Å². The van der Waals surface area contributed by atoms with Crippen molar-refractivity contribution >= 4 is 11.3 Å². The highest BCUT2D eigenvalue weighted by Gasteiger charge is 2.15. The molecule has 2 nitrogen and oxygen atoms in total. The number of thiazole rings is 1. The summed E-state index contributed by atoms with van der Waals surface area (Å²) in [6.45, 7) is 10.1. The second-order valence-electron chi connectivity index (χ2n) is 3.25. The molecule has 1 aromatic heterocycles. The quantitative estimate of drug-likeness (QED) is 0.752. The molecule has 1 heterocycles. The maximum Gasteiger partial charge on any atom is 0.0900 e. The Morgan fingerprint density at radius 1 is 1.54 bits per heavy atom. The number of aromatic nitrogens is 1. The summed E-state index contributed by atoms with van der Waals surface area (Å²) in [7, 11) is 1.95. The van der Waals surface area contributed by atoms with Crippen molar-refractivity contribution in [2.75, 3.05) is 7.05 Å². The molecule has 0 aliphatic heterocycles. The summed E-state index contributed by atoms with van der Waals surface area (Å²) in [6.07, 6.45) is 0. The molecule has 1 unspecified atom stereocenters. The maximum absolute atomic E-state index is 4.40. The van der Waals surface area contributed by atoms with Gasteiger partial charge >= 0.3 is 0 Å². The maximum atomic E-state index is 4.40. The van der Waals surface area contributed by atoms with Gasteiger partial charge in [-0.25, -0.2) is 4.98 Å². The predicted molar refractivity (Wildman–Crippen MR) is 58.2 cm³/mol. The number of nitrogens with one attached hydrogen (secondary N) is 1. The van der Waals surface area contributed by atoms with Crippen molar-refractivity contribution in [2.24, 2.45) is 0 Å². The molecule has 0 aliphatic rings. The van der Waals surface area contributed by atoms with Crippen molar-refractivity contribution in [3.05, 3.63) is 27.7 Å². The van der Waals surface area contributed by atoms with Crippen LogP contribution in [0.3, 0.4) is 0 Å². The second-order valence-corrected chi connectivity index (χ2v) is 4.49. The Kier molecular flexibility index (Phi) is 3.22. The fourth-order valence-corrected chi connectivity index (χ4v) is 2.55. The summed E-state index contributed by atoms with van der Waals surface area (Å²) >= 11 is 1.74. The zero-order valence-corrected chi connectivity index (χ0v) is 9.46. The zero-order valence-electron chi connectivity index (χ0n) is 8.64. The number of aryl methyl sites for hydroxylation is 2. The number of rotatable bonds is 3. The molecule has 1 N–H and O–H groups in total. The van der Waals surface area contributed by atoms with Gasteiger partial charge in [0.05, 0.1) is 16.7 Å². The summed E-state index contributed by atoms with van der Waals surface area (Å²) in [4.78, 5) is 5.68. The van der Waals surface area contributed by atoms with Gasteiger partial charge in [0.2, 0.25) is 0 Å². The molecule has 0 amide bonds. The van der Waals surface area contributed by atoms with E-state index in [0.29, 0.717) is 0 Å². The molecule has 0 saturated carbocycles. The predicted octanol–water partition coefficient (Wildman–Crippen LogP) is 2.60. The van der Waals surface area contributed by atoms with Gasteiger partial charge in [0, 0.05) is 4.88 Å². The molecule has 1 atom stereocenters. The Hall–Kier alpha value is -0.670. The minimum absolute atomic E-state index is 0.256. The fraction of sp³-hybridized carbons (Fsp3) is 0.500. The standard InChI is InChI=1S/C10H16N2S/c1-6(2)9(11-5)10-7(3)12-8(4)13-10/h9,11H,1H2,2-5H3. The van der Waals surface area contributed by atoms with E-state index in [1.165, 1.54) is 4.88 Å². The fourth-order valence-electron chi connectivity index (χ4n) is 1.42. The summed E-state index contributed by atoms with van der Waals surface area (Å²) in [5.41, 5.74) is 2.25. The highest BCUT2D eigenvalue weighted by molar-refractivity contribution is 7.11. The Labute approximate surface area is 83.7 Å². The van der Waals surface area contributed by atoms with E-state index < -0.39 is 0 Å². The SMILES string of the molecule is C=C(C)C(NC)c1sc(C)nc1C. The average molecular weight is 196 g/mol. The van der Waals surface area contributed by atoms with Gasteiger partial charge in [0.1, 0.15) is 0 Å². The minimum atomic E-state index is 0.256. The van der Waals surface area contributed by atoms with E-state index in [4.69, 9.17) is 0 Å². The van der Waals surface area contributed by atoms with Crippen LogP contribution in [0.1, 0.15) is 28.5 Å². The summed E-state index contributed by atoms with van der Waals surface area (Å²) in [6, 6.07) is 0.256. The van der Waals surface area contributed by atoms with Crippen molar-refractivity contribution in [1.29, 1.82) is 0 Å². The smallest absolute Gasteiger partial charge is 0.0900 e. The summed E-state index contributed by atoms with van der Waals surface area (Å²) in [5, 5.41) is 4.36. The van der Waals surface area contributed by atoms with Gasteiger partial charge in [0.25, 0.3) is 0 Å². The van der Waals surface area contributed by atoms with Crippen LogP contribution < -0.4 is 5.32 Å². The van der Waals surface area contributed by atoms with Gasteiger partial charge in [-0.3, -0.25) is 0 Å². The highest BCUT2D eigenvalue weighted by Crippen LogP contribution is 2.28. The molecule has 0 spiro atoms. The van der Waals surface area contributed by atoms with E-state index in [-0.39, 0.29) is 6.04 Å². The number of nitrogens with zero attached hydrogens (tertiary/aromatic N) is 1. The Bertz CT molecular complexity index is 315. The molecule has 1 aromatic rings. The van der Waals surface area contributed by atoms with Crippen LogP contribution in [0.4, 0.5) is 0 Å². The third-order valence-corrected chi connectivity index (χ3v) is 3.12. The van der Waals surface area contributed by atoms with Crippen LogP contribution in [0.15, 0.2) is 12.2 Å². The van der Waals surface area contributed by atoms with Crippen LogP contribution in [0.25, 0.3) is 0 Å². The van der Waals surface area contributed by atoms with E-state index in [1.54, 1.807) is 11.3 Å². The first-order valence-corrected chi connectivity index (χ1v) is 5.14. The molecule has 0 bridgehead atoms. The first kappa shape index (κ1) is 10.4. The molecule has 13 heavy (non-hydrogen) atoms. The molecule has 1 rings (SSSR count). The molecular formula is C10H16N2S. The van der Waals surface area contributed by atoms with Gasteiger partial charge in [-0.15, -0.1) is 11.3 Å². The highest BCUT2D eigenvalue weighted by atomic mass is 32.1. The van der Waals surface area contributed by atoms with Gasteiger partial charge in [-0.1, -0.05) is 12.2 Å². The molecule has 0 radical (unpaired) electrons. The monoisotopic (exact) mass is 196 g/mol. The lowest BCUT2D eigenvalue weighted by Gasteiger charge is -2.14. The Balaban J connectivity index is 3.04. The molecule has 0 aliphatic carbocycles. The van der Waals surface area contributed by atoms with Crippen molar-refractivity contribution in [2.45, 2.75) is 26.8 Å². The van der Waals surface area contributed by atoms with Gasteiger partial charge in [0.15, 0.2) is 0 Å². The summed E-state index contributed by atoms with van der Waals surface area (Å²) < 4.78 is 0. The first-order chi connectivity index (χ1) is 6.06. The van der Waals surface area contributed by atoms with Crippen LogP contribution in [0.5, 0.6) is 0 Å². The van der Waals surface area contributed by atoms with E-state index >= 15 is 0 Å². The first-order valence-electron chi connectivity index (χ1n) is 4.33. The topological polar surface area (TPSA) is 24.9 Å². The van der Waals surface area contributed by atoms with Crippen molar-refractivity contribution in [1.82, 2.24) is 10.3 Å². The Morgan fingerprint density at radius 3 is 2.46 bits per heavy atom. The molecule has 0 saturated heterocycles. The van der Waals surface area contributed by atoms with Gasteiger partial charge in [-0.2, -0.15) is 0 Å². The lowest BCUT2D eigenvalue weighted by atomic mass is 10.1. The summed E-state index contributed by atoms with van der Waals surface area (Å²) in [5.74, 6) is 0. The second kappa shape index (κ2) is 4.03. The van der Waals surface area contributed by atoms with Crippen LogP contribution in [0, 0.1) is 13.8 Å². The Morgan fingerprint density at radius 2 is 2.15 bits per heavy atom. The van der Waals surface area contributed by atoms with E-state index in [2.05, 4.69) is 16.9 Å². The van der Waals surface area contributed by atoms with Gasteiger partial charge < -0.3 is 5.32 Å². The lowest BCUT2D eigenvalue weighted by molar-refractivity contribution is 0.685. The van der Waals surface area contributed by atoms with Crippen LogP contribution in [-0.4, -0.2) is 12.0 Å². The molecule has 0 aromatic carbocycles. The van der Waals surface area contributed by atoms with Crippen molar-refractivity contribution in [3.63, 3.8) is 0 Å². The average Bonchev–Trinajstić information content (AvgIpc) is 2.31. The zero-order chi connectivity index (χ0) is 10.0. The largest absolute Gasteiger partial charge is 0.309 e. The minimum Gasteiger partial charge on any atom is -0.309 e. The normalized spacial score (nSPS) is 12.9. The van der Waals surface area contributed by atoms with Crippen molar-refractivity contribution in [3.8, 4) is 0 Å². The molecule has 0 fully saturated rings. The van der Waals surface area contributed by atoms with Crippen LogP contribution in [-0.2, 0) is 0 Å². The number of hydrogen-bond donors (Lipinski definition) is 1. The van der Waals surface area contributed by atoms with Crippen LogP contribution >= 0.6 is 11.3 Å². The number of likely N-dealkylation sites (N-methyl/N-ethyl adjacent to an activating group) is 1. The lowest BCUT2D eigenvalue weighted by Crippen LogP contribution is -2.16. The van der Waals surface area contributed by atoms with E-state index in [1.807, 2.05) is 27.8 Å². The molecule has 3 heteroatoms. The van der Waals surface area contributed by atoms with Gasteiger partial charge in [-0.05, 0) is 27.8 Å². The van der Waals surface area contributed by atoms with E-state index in [0.717, 1.165) is 16.3 Å². The van der Waals surface area contributed by atoms with Crippen molar-refractivity contribution < 1.29 is 0 Å². The third kappa shape index (κ3) is 2.17. The molecule has 72 valence electrons. The third-order valence-electron chi connectivity index (χ3n) is 1.98. The molecular weight excluding hydrogens is 180 g/mol. The van der Waals surface area contributed by atoms with E-state index in [9.17, 15) is 0 Å². The number of hydrogen-bond acceptors (Lipinski definition) is 3.